The van der Waals surface area contributed by atoms with Crippen LogP contribution in [-0.2, 0) is 11.3 Å². The maximum atomic E-state index is 13.6. The van der Waals surface area contributed by atoms with Gasteiger partial charge < -0.3 is 9.47 Å². The topological polar surface area (TPSA) is 45.6 Å². The van der Waals surface area contributed by atoms with Gasteiger partial charge in [0.25, 0.3) is 11.5 Å². The van der Waals surface area contributed by atoms with E-state index in [1.54, 1.807) is 15.5 Å². The zero-order valence-electron chi connectivity index (χ0n) is 17.7. The first-order chi connectivity index (χ1) is 14.4. The average Bonchev–Trinajstić information content (AvgIpc) is 3.33. The fraction of sp³-hybridized carbons (Fsp3) is 0.435. The van der Waals surface area contributed by atoms with Crippen LogP contribution in [0.5, 0.6) is 0 Å². The van der Waals surface area contributed by atoms with Crippen molar-refractivity contribution in [2.75, 3.05) is 24.5 Å². The van der Waals surface area contributed by atoms with Crippen LogP contribution >= 0.6 is 24.0 Å². The molecule has 2 aliphatic heterocycles. The van der Waals surface area contributed by atoms with Crippen molar-refractivity contribution >= 4 is 56.9 Å². The molecule has 0 saturated carbocycles. The number of carbonyl (C=O) groups is 1. The number of para-hydroxylation sites is 1. The van der Waals surface area contributed by atoms with Crippen LogP contribution in [0.25, 0.3) is 17.0 Å². The molecule has 30 heavy (non-hydrogen) atoms. The minimum Gasteiger partial charge on any atom is -0.370 e. The Hall–Kier alpha value is -2.12. The average molecular weight is 442 g/mol. The molecule has 0 bridgehead atoms. The lowest BCUT2D eigenvalue weighted by atomic mass is 10.1. The molecule has 0 spiro atoms. The number of hydrogen-bond acceptors (Lipinski definition) is 5. The lowest BCUT2D eigenvalue weighted by Crippen LogP contribution is -2.31. The van der Waals surface area contributed by atoms with E-state index in [2.05, 4.69) is 24.8 Å². The summed E-state index contributed by atoms with van der Waals surface area (Å²) in [4.78, 5) is 31.1. The van der Waals surface area contributed by atoms with Crippen molar-refractivity contribution in [3.05, 3.63) is 45.1 Å². The van der Waals surface area contributed by atoms with Gasteiger partial charge in [-0.25, -0.2) is 0 Å². The van der Waals surface area contributed by atoms with Crippen molar-refractivity contribution in [2.45, 2.75) is 40.2 Å². The number of pyridine rings is 1. The highest BCUT2D eigenvalue weighted by atomic mass is 32.2. The molecule has 5 nitrogen and oxygen atoms in total. The number of fused-ring (bicyclic) bond motifs is 1. The van der Waals surface area contributed by atoms with Crippen LogP contribution in [-0.4, -0.2) is 39.3 Å². The number of benzene rings is 1. The van der Waals surface area contributed by atoms with E-state index >= 15 is 0 Å². The summed E-state index contributed by atoms with van der Waals surface area (Å²) in [5.74, 6) is 0.228. The quantitative estimate of drug-likeness (QED) is 0.506. The number of thioether (sulfide) groups is 1. The molecular formula is C23H27N3O2S2. The molecule has 2 aliphatic rings. The number of carbonyl (C=O) groups excluding carboxylic acids is 1. The molecule has 1 aromatic carbocycles. The molecular weight excluding hydrogens is 414 g/mol. The fourth-order valence-corrected chi connectivity index (χ4v) is 5.55. The number of aryl methyl sites for hydroxylation is 1. The summed E-state index contributed by atoms with van der Waals surface area (Å²) in [5.41, 5.74) is 2.44. The molecule has 1 amide bonds. The zero-order valence-corrected chi connectivity index (χ0v) is 19.3. The van der Waals surface area contributed by atoms with Crippen LogP contribution < -0.4 is 10.5 Å². The van der Waals surface area contributed by atoms with E-state index in [1.807, 2.05) is 25.1 Å². The highest BCUT2D eigenvalue weighted by Crippen LogP contribution is 2.37. The van der Waals surface area contributed by atoms with Crippen LogP contribution in [0.3, 0.4) is 0 Å². The first kappa shape index (κ1) is 21.1. The van der Waals surface area contributed by atoms with Crippen molar-refractivity contribution in [1.29, 1.82) is 0 Å². The SMILES string of the molecule is CCn1c(=O)c(C=C2SC(=S)N(CC(C)C)C2=O)c(N2CCCC2)c2ccccc21. The number of thiocarbonyl (C=S) groups is 1. The summed E-state index contributed by atoms with van der Waals surface area (Å²) in [6, 6.07) is 8.07. The van der Waals surface area contributed by atoms with E-state index in [-0.39, 0.29) is 11.5 Å². The van der Waals surface area contributed by atoms with Gasteiger partial charge in [0.15, 0.2) is 0 Å². The van der Waals surface area contributed by atoms with Gasteiger partial charge in [0.1, 0.15) is 4.32 Å². The fourth-order valence-electron chi connectivity index (χ4n) is 4.29. The number of rotatable bonds is 5. The predicted octanol–water partition coefficient (Wildman–Crippen LogP) is 4.48. The third-order valence-electron chi connectivity index (χ3n) is 5.62. The Morgan fingerprint density at radius 1 is 1.17 bits per heavy atom. The Bertz CT molecular complexity index is 1100. The molecule has 158 valence electrons. The summed E-state index contributed by atoms with van der Waals surface area (Å²) in [6.07, 6.45) is 4.01. The minimum absolute atomic E-state index is 0.0489. The van der Waals surface area contributed by atoms with Gasteiger partial charge in [0.05, 0.1) is 21.7 Å². The van der Waals surface area contributed by atoms with Gasteiger partial charge in [-0.2, -0.15) is 0 Å². The Morgan fingerprint density at radius 3 is 2.53 bits per heavy atom. The number of amides is 1. The van der Waals surface area contributed by atoms with E-state index < -0.39 is 0 Å². The third-order valence-corrected chi connectivity index (χ3v) is 6.99. The van der Waals surface area contributed by atoms with Gasteiger partial charge in [0, 0.05) is 31.6 Å². The second-order valence-corrected chi connectivity index (χ2v) is 9.88. The van der Waals surface area contributed by atoms with Crippen LogP contribution in [0.15, 0.2) is 34.0 Å². The normalized spacial score (nSPS) is 18.6. The van der Waals surface area contributed by atoms with Crippen LogP contribution in [0.1, 0.15) is 39.2 Å². The molecule has 0 aliphatic carbocycles. The molecule has 0 N–H and O–H groups in total. The summed E-state index contributed by atoms with van der Waals surface area (Å²) in [6.45, 7) is 9.14. The monoisotopic (exact) mass is 441 g/mol. The Balaban J connectivity index is 1.92. The minimum atomic E-state index is -0.0957. The van der Waals surface area contributed by atoms with Crippen LogP contribution in [0, 0.1) is 5.92 Å². The van der Waals surface area contributed by atoms with Crippen molar-refractivity contribution < 1.29 is 4.79 Å². The Labute approximate surface area is 186 Å². The third kappa shape index (κ3) is 3.69. The van der Waals surface area contributed by atoms with Gasteiger partial charge in [-0.1, -0.05) is 56.0 Å². The van der Waals surface area contributed by atoms with Gasteiger partial charge >= 0.3 is 0 Å². The molecule has 0 unspecified atom stereocenters. The molecule has 1 aromatic heterocycles. The predicted molar refractivity (Wildman–Crippen MR) is 130 cm³/mol. The summed E-state index contributed by atoms with van der Waals surface area (Å²) in [7, 11) is 0. The van der Waals surface area contributed by atoms with Crippen molar-refractivity contribution in [3.8, 4) is 0 Å². The number of hydrogen-bond donors (Lipinski definition) is 0. The van der Waals surface area contributed by atoms with Crippen molar-refractivity contribution in [1.82, 2.24) is 9.47 Å². The van der Waals surface area contributed by atoms with Crippen molar-refractivity contribution in [2.24, 2.45) is 5.92 Å². The van der Waals surface area contributed by atoms with E-state index in [0.29, 0.717) is 33.8 Å². The maximum absolute atomic E-state index is 13.6. The molecule has 2 aromatic rings. The molecule has 4 rings (SSSR count). The van der Waals surface area contributed by atoms with E-state index in [9.17, 15) is 9.59 Å². The highest BCUT2D eigenvalue weighted by Gasteiger charge is 2.33. The molecule has 7 heteroatoms. The van der Waals surface area contributed by atoms with Gasteiger partial charge in [0.2, 0.25) is 0 Å². The first-order valence-electron chi connectivity index (χ1n) is 10.6. The second-order valence-electron chi connectivity index (χ2n) is 8.21. The molecule has 0 atom stereocenters. The van der Waals surface area contributed by atoms with Crippen molar-refractivity contribution in [3.63, 3.8) is 0 Å². The summed E-state index contributed by atoms with van der Waals surface area (Å²) >= 11 is 6.76. The molecule has 0 radical (unpaired) electrons. The maximum Gasteiger partial charge on any atom is 0.266 e. The number of anilines is 1. The van der Waals surface area contributed by atoms with E-state index in [4.69, 9.17) is 12.2 Å². The van der Waals surface area contributed by atoms with Gasteiger partial charge in [-0.15, -0.1) is 0 Å². The van der Waals surface area contributed by atoms with Gasteiger partial charge in [-0.3, -0.25) is 14.5 Å². The van der Waals surface area contributed by atoms with E-state index in [0.717, 1.165) is 42.5 Å². The molecule has 2 fully saturated rings. The summed E-state index contributed by atoms with van der Waals surface area (Å²) < 4.78 is 2.37. The Kier molecular flexibility index (Phi) is 6.02. The standard InChI is InChI=1S/C23H27N3O2S2/c1-4-25-18-10-6-5-9-16(18)20(24-11-7-8-12-24)17(21(25)27)13-19-22(28)26(14-15(2)3)23(29)30-19/h5-6,9-10,13,15H,4,7-8,11-12,14H2,1-3H3. The molecule has 2 saturated heterocycles. The van der Waals surface area contributed by atoms with Crippen LogP contribution in [0.2, 0.25) is 0 Å². The smallest absolute Gasteiger partial charge is 0.266 e. The molecule has 3 heterocycles. The highest BCUT2D eigenvalue weighted by molar-refractivity contribution is 8.26. The van der Waals surface area contributed by atoms with E-state index in [1.165, 1.54) is 11.8 Å². The largest absolute Gasteiger partial charge is 0.370 e. The zero-order chi connectivity index (χ0) is 21.4. The summed E-state index contributed by atoms with van der Waals surface area (Å²) in [5, 5.41) is 1.06. The first-order valence-corrected chi connectivity index (χ1v) is 11.8. The van der Waals surface area contributed by atoms with Gasteiger partial charge in [-0.05, 0) is 37.8 Å². The lowest BCUT2D eigenvalue weighted by molar-refractivity contribution is -0.122. The lowest BCUT2D eigenvalue weighted by Gasteiger charge is -2.24. The Morgan fingerprint density at radius 2 is 1.87 bits per heavy atom. The number of nitrogens with zero attached hydrogens (tertiary/aromatic N) is 3. The van der Waals surface area contributed by atoms with Crippen LogP contribution in [0.4, 0.5) is 5.69 Å². The number of aromatic nitrogens is 1. The second kappa shape index (κ2) is 8.55.